The maximum atomic E-state index is 12.9. The molecule has 3 aromatic carbocycles. The van der Waals surface area contributed by atoms with Gasteiger partial charge in [0.05, 0.1) is 23.6 Å². The van der Waals surface area contributed by atoms with Crippen LogP contribution in [-0.2, 0) is 13.2 Å². The summed E-state index contributed by atoms with van der Waals surface area (Å²) in [6, 6.07) is 25.8. The van der Waals surface area contributed by atoms with Gasteiger partial charge in [0.2, 0.25) is 0 Å². The molecule has 0 bridgehead atoms. The van der Waals surface area contributed by atoms with Gasteiger partial charge < -0.3 is 14.5 Å². The highest BCUT2D eigenvalue weighted by Gasteiger charge is 2.18. The SMILES string of the molecule is Cc1ccc(Cn2nc(C)c(NC(=O)c3ccc(COc4cccc5ccccc45)o3)c2C)cc1. The minimum absolute atomic E-state index is 0.228. The molecule has 0 aliphatic carbocycles. The van der Waals surface area contributed by atoms with Crippen LogP contribution >= 0.6 is 0 Å². The van der Waals surface area contributed by atoms with Crippen molar-refractivity contribution in [1.82, 2.24) is 9.78 Å². The van der Waals surface area contributed by atoms with Crippen molar-refractivity contribution in [1.29, 1.82) is 0 Å². The number of nitrogens with one attached hydrogen (secondary N) is 1. The van der Waals surface area contributed by atoms with Crippen molar-refractivity contribution in [3.63, 3.8) is 0 Å². The molecule has 0 aliphatic rings. The van der Waals surface area contributed by atoms with Crippen LogP contribution in [0.2, 0.25) is 0 Å². The largest absolute Gasteiger partial charge is 0.485 e. The van der Waals surface area contributed by atoms with Gasteiger partial charge in [-0.3, -0.25) is 9.48 Å². The lowest BCUT2D eigenvalue weighted by atomic mass is 10.1. The first kappa shape index (κ1) is 22.5. The molecule has 0 spiro atoms. The summed E-state index contributed by atoms with van der Waals surface area (Å²) in [7, 11) is 0. The smallest absolute Gasteiger partial charge is 0.291 e. The number of carbonyl (C=O) groups excluding carboxylic acids is 1. The molecule has 0 saturated heterocycles. The summed E-state index contributed by atoms with van der Waals surface area (Å²) in [4.78, 5) is 12.9. The molecule has 0 atom stereocenters. The third-order valence-corrected chi connectivity index (χ3v) is 6.08. The van der Waals surface area contributed by atoms with Gasteiger partial charge >= 0.3 is 0 Å². The van der Waals surface area contributed by atoms with Crippen molar-refractivity contribution in [2.45, 2.75) is 33.9 Å². The van der Waals surface area contributed by atoms with E-state index in [1.54, 1.807) is 12.1 Å². The predicted octanol–water partition coefficient (Wildman–Crippen LogP) is 6.43. The molecule has 0 aliphatic heterocycles. The number of aromatic nitrogens is 2. The first-order valence-electron chi connectivity index (χ1n) is 11.6. The van der Waals surface area contributed by atoms with Gasteiger partial charge in [-0.1, -0.05) is 66.2 Å². The summed E-state index contributed by atoms with van der Waals surface area (Å²) in [6.07, 6.45) is 0. The van der Waals surface area contributed by atoms with Gasteiger partial charge in [0.15, 0.2) is 5.76 Å². The average molecular weight is 466 g/mol. The zero-order valence-electron chi connectivity index (χ0n) is 20.0. The van der Waals surface area contributed by atoms with Crippen LogP contribution in [-0.4, -0.2) is 15.7 Å². The lowest BCUT2D eigenvalue weighted by Crippen LogP contribution is -2.12. The number of fused-ring (bicyclic) bond motifs is 1. The number of amides is 1. The highest BCUT2D eigenvalue weighted by Crippen LogP contribution is 2.26. The van der Waals surface area contributed by atoms with E-state index in [4.69, 9.17) is 9.15 Å². The maximum absolute atomic E-state index is 12.9. The molecule has 6 nitrogen and oxygen atoms in total. The van der Waals surface area contributed by atoms with Gasteiger partial charge in [0, 0.05) is 5.39 Å². The fraction of sp³-hybridized carbons (Fsp3) is 0.172. The molecular formula is C29H27N3O3. The Hall–Kier alpha value is -4.32. The Kier molecular flexibility index (Phi) is 6.10. The Balaban J connectivity index is 1.26. The van der Waals surface area contributed by atoms with Crippen LogP contribution in [0.3, 0.4) is 0 Å². The Morgan fingerprint density at radius 3 is 2.54 bits per heavy atom. The molecule has 5 aromatic rings. The summed E-state index contributed by atoms with van der Waals surface area (Å²) in [6.45, 7) is 6.78. The van der Waals surface area contributed by atoms with E-state index in [1.165, 1.54) is 5.56 Å². The lowest BCUT2D eigenvalue weighted by Gasteiger charge is -2.08. The second-order valence-electron chi connectivity index (χ2n) is 8.68. The lowest BCUT2D eigenvalue weighted by molar-refractivity contribution is 0.0992. The zero-order valence-corrected chi connectivity index (χ0v) is 20.0. The second kappa shape index (κ2) is 9.50. The number of anilines is 1. The van der Waals surface area contributed by atoms with Gasteiger partial charge in [-0.2, -0.15) is 5.10 Å². The molecule has 0 saturated carbocycles. The molecule has 1 amide bonds. The third-order valence-electron chi connectivity index (χ3n) is 6.08. The molecule has 2 aromatic heterocycles. The molecule has 0 radical (unpaired) electrons. The van der Waals surface area contributed by atoms with Crippen LogP contribution < -0.4 is 10.1 Å². The van der Waals surface area contributed by atoms with E-state index >= 15 is 0 Å². The maximum Gasteiger partial charge on any atom is 0.291 e. The van der Waals surface area contributed by atoms with Gasteiger partial charge in [-0.05, 0) is 49.9 Å². The van der Waals surface area contributed by atoms with E-state index in [1.807, 2.05) is 61.0 Å². The van der Waals surface area contributed by atoms with Crippen LogP contribution in [0, 0.1) is 20.8 Å². The normalized spacial score (nSPS) is 11.1. The molecule has 5 rings (SSSR count). The van der Waals surface area contributed by atoms with Crippen LogP contribution in [0.15, 0.2) is 83.3 Å². The minimum atomic E-state index is -0.317. The topological polar surface area (TPSA) is 69.3 Å². The molecule has 0 fully saturated rings. The van der Waals surface area contributed by atoms with Gasteiger partial charge in [0.25, 0.3) is 5.91 Å². The van der Waals surface area contributed by atoms with Crippen molar-refractivity contribution in [2.75, 3.05) is 5.32 Å². The summed E-state index contributed by atoms with van der Waals surface area (Å²) >= 11 is 0. The highest BCUT2D eigenvalue weighted by molar-refractivity contribution is 6.03. The second-order valence-corrected chi connectivity index (χ2v) is 8.68. The number of nitrogens with zero attached hydrogens (tertiary/aromatic N) is 2. The Morgan fingerprint density at radius 2 is 1.71 bits per heavy atom. The van der Waals surface area contributed by atoms with E-state index in [0.717, 1.165) is 33.5 Å². The van der Waals surface area contributed by atoms with E-state index in [-0.39, 0.29) is 18.3 Å². The Labute approximate surface area is 204 Å². The molecule has 6 heteroatoms. The number of aryl methyl sites for hydroxylation is 2. The quantitative estimate of drug-likeness (QED) is 0.301. The van der Waals surface area contributed by atoms with Crippen molar-refractivity contribution in [3.05, 3.63) is 113 Å². The highest BCUT2D eigenvalue weighted by atomic mass is 16.5. The fourth-order valence-corrected chi connectivity index (χ4v) is 4.12. The fourth-order valence-electron chi connectivity index (χ4n) is 4.12. The number of benzene rings is 3. The van der Waals surface area contributed by atoms with Gasteiger partial charge in [0.1, 0.15) is 18.1 Å². The predicted molar refractivity (Wildman–Crippen MR) is 137 cm³/mol. The van der Waals surface area contributed by atoms with Crippen LogP contribution in [0.4, 0.5) is 5.69 Å². The monoisotopic (exact) mass is 465 g/mol. The minimum Gasteiger partial charge on any atom is -0.485 e. The van der Waals surface area contributed by atoms with Gasteiger partial charge in [-0.15, -0.1) is 0 Å². The summed E-state index contributed by atoms with van der Waals surface area (Å²) in [5.41, 5.74) is 4.72. The number of hydrogen-bond acceptors (Lipinski definition) is 4. The van der Waals surface area contributed by atoms with Crippen LogP contribution in [0.5, 0.6) is 5.75 Å². The number of rotatable bonds is 7. The first-order chi connectivity index (χ1) is 17.0. The Morgan fingerprint density at radius 1 is 0.943 bits per heavy atom. The van der Waals surface area contributed by atoms with Gasteiger partial charge in [-0.25, -0.2) is 0 Å². The van der Waals surface area contributed by atoms with Crippen molar-refractivity contribution in [3.8, 4) is 5.75 Å². The first-order valence-corrected chi connectivity index (χ1v) is 11.6. The molecule has 0 unspecified atom stereocenters. The average Bonchev–Trinajstić information content (AvgIpc) is 3.44. The zero-order chi connectivity index (χ0) is 24.4. The van der Waals surface area contributed by atoms with Crippen molar-refractivity contribution in [2.24, 2.45) is 0 Å². The Bertz CT molecular complexity index is 1490. The number of ether oxygens (including phenoxy) is 1. The number of carbonyl (C=O) groups is 1. The standard InChI is InChI=1S/C29H27N3O3/c1-19-11-13-22(14-12-19)17-32-21(3)28(20(2)31-32)30-29(33)27-16-15-24(35-27)18-34-26-10-6-8-23-7-4-5-9-25(23)26/h4-16H,17-18H2,1-3H3,(H,30,33). The van der Waals surface area contributed by atoms with Crippen LogP contribution in [0.1, 0.15) is 38.8 Å². The van der Waals surface area contributed by atoms with Crippen molar-refractivity contribution < 1.29 is 13.9 Å². The number of hydrogen-bond donors (Lipinski definition) is 1. The summed E-state index contributed by atoms with van der Waals surface area (Å²) < 4.78 is 13.7. The van der Waals surface area contributed by atoms with E-state index in [9.17, 15) is 4.79 Å². The van der Waals surface area contributed by atoms with E-state index < -0.39 is 0 Å². The third kappa shape index (κ3) is 4.82. The number of furan rings is 1. The molecule has 1 N–H and O–H groups in total. The van der Waals surface area contributed by atoms with E-state index in [2.05, 4.69) is 41.6 Å². The summed E-state index contributed by atoms with van der Waals surface area (Å²) in [5.74, 6) is 1.26. The summed E-state index contributed by atoms with van der Waals surface area (Å²) in [5, 5.41) is 9.73. The van der Waals surface area contributed by atoms with Crippen molar-refractivity contribution >= 4 is 22.4 Å². The molecule has 2 heterocycles. The molecule has 35 heavy (non-hydrogen) atoms. The van der Waals surface area contributed by atoms with E-state index in [0.29, 0.717) is 18.0 Å². The molecular weight excluding hydrogens is 438 g/mol. The van der Waals surface area contributed by atoms with Crippen LogP contribution in [0.25, 0.3) is 10.8 Å². The molecule has 176 valence electrons.